The van der Waals surface area contributed by atoms with Gasteiger partial charge in [-0.15, -0.1) is 0 Å². The van der Waals surface area contributed by atoms with Crippen LogP contribution in [0.3, 0.4) is 0 Å². The molecular weight excluding hydrogens is 366 g/mol. The standard InChI is InChI=1S/C19H13N3O4S/c1-11-4-5-14(26-11)16(23)17-15(13-3-2-10-25-13)21-19(27-17)22-18(24)12-6-8-20-9-7-12/h2-10H,1H3,(H,21,22,24). The molecule has 1 N–H and O–H groups in total. The van der Waals surface area contributed by atoms with Gasteiger partial charge in [-0.25, -0.2) is 4.98 Å². The van der Waals surface area contributed by atoms with Crippen LogP contribution in [0.1, 0.15) is 31.6 Å². The van der Waals surface area contributed by atoms with Crippen LogP contribution in [-0.2, 0) is 0 Å². The largest absolute Gasteiger partial charge is 0.463 e. The molecule has 4 rings (SSSR count). The summed E-state index contributed by atoms with van der Waals surface area (Å²) in [6.07, 6.45) is 4.55. The van der Waals surface area contributed by atoms with Crippen LogP contribution in [0.25, 0.3) is 11.5 Å². The molecule has 0 spiro atoms. The summed E-state index contributed by atoms with van der Waals surface area (Å²) in [6, 6.07) is 9.91. The molecule has 0 saturated heterocycles. The Labute approximate surface area is 157 Å². The number of ketones is 1. The fourth-order valence-electron chi connectivity index (χ4n) is 2.45. The first kappa shape index (κ1) is 16.9. The average Bonchev–Trinajstić information content (AvgIpc) is 3.42. The minimum atomic E-state index is -0.343. The summed E-state index contributed by atoms with van der Waals surface area (Å²) in [5.41, 5.74) is 0.795. The first-order valence-corrected chi connectivity index (χ1v) is 8.80. The number of carbonyl (C=O) groups excluding carboxylic acids is 2. The molecule has 0 bridgehead atoms. The number of thiazole rings is 1. The van der Waals surface area contributed by atoms with Crippen LogP contribution in [0, 0.1) is 6.92 Å². The van der Waals surface area contributed by atoms with Crippen molar-refractivity contribution in [3.8, 4) is 11.5 Å². The molecule has 0 aromatic carbocycles. The Morgan fingerprint density at radius 2 is 1.93 bits per heavy atom. The van der Waals surface area contributed by atoms with Crippen LogP contribution in [0.2, 0.25) is 0 Å². The van der Waals surface area contributed by atoms with Gasteiger partial charge in [-0.3, -0.25) is 19.9 Å². The summed E-state index contributed by atoms with van der Waals surface area (Å²) < 4.78 is 10.8. The second-order valence-corrected chi connectivity index (χ2v) is 6.60. The summed E-state index contributed by atoms with van der Waals surface area (Å²) in [5, 5.41) is 3.00. The number of nitrogens with one attached hydrogen (secondary N) is 1. The minimum Gasteiger partial charge on any atom is -0.463 e. The predicted molar refractivity (Wildman–Crippen MR) is 98.9 cm³/mol. The third kappa shape index (κ3) is 3.42. The maximum Gasteiger partial charge on any atom is 0.257 e. The molecule has 4 heterocycles. The lowest BCUT2D eigenvalue weighted by atomic mass is 10.2. The van der Waals surface area contributed by atoms with Crippen molar-refractivity contribution in [2.45, 2.75) is 6.92 Å². The number of amides is 1. The molecular formula is C19H13N3O4S. The maximum absolute atomic E-state index is 12.9. The molecule has 8 heteroatoms. The average molecular weight is 379 g/mol. The van der Waals surface area contributed by atoms with Crippen molar-refractivity contribution < 1.29 is 18.4 Å². The van der Waals surface area contributed by atoms with E-state index in [4.69, 9.17) is 8.83 Å². The van der Waals surface area contributed by atoms with Crippen molar-refractivity contribution in [3.05, 3.63) is 77.0 Å². The second-order valence-electron chi connectivity index (χ2n) is 5.60. The first-order chi connectivity index (χ1) is 13.1. The van der Waals surface area contributed by atoms with Crippen LogP contribution < -0.4 is 5.32 Å². The number of anilines is 1. The SMILES string of the molecule is Cc1ccc(C(=O)c2sc(NC(=O)c3ccncc3)nc2-c2ccco2)o1. The van der Waals surface area contributed by atoms with E-state index in [0.29, 0.717) is 27.7 Å². The quantitative estimate of drug-likeness (QED) is 0.522. The molecule has 7 nitrogen and oxygen atoms in total. The summed E-state index contributed by atoms with van der Waals surface area (Å²) in [5.74, 6) is 0.605. The van der Waals surface area contributed by atoms with Gasteiger partial charge in [0.25, 0.3) is 5.91 Å². The van der Waals surface area contributed by atoms with E-state index >= 15 is 0 Å². The zero-order chi connectivity index (χ0) is 18.8. The van der Waals surface area contributed by atoms with Gasteiger partial charge in [0.15, 0.2) is 16.7 Å². The summed E-state index contributed by atoms with van der Waals surface area (Å²) in [7, 11) is 0. The van der Waals surface area contributed by atoms with Crippen molar-refractivity contribution in [2.24, 2.45) is 0 Å². The normalized spacial score (nSPS) is 10.7. The minimum absolute atomic E-state index is 0.205. The number of rotatable bonds is 5. The smallest absolute Gasteiger partial charge is 0.257 e. The van der Waals surface area contributed by atoms with Crippen LogP contribution in [0.5, 0.6) is 0 Å². The molecule has 4 aromatic heterocycles. The van der Waals surface area contributed by atoms with Crippen LogP contribution in [0.4, 0.5) is 5.13 Å². The van der Waals surface area contributed by atoms with Crippen molar-refractivity contribution in [2.75, 3.05) is 5.32 Å². The van der Waals surface area contributed by atoms with Crippen molar-refractivity contribution >= 4 is 28.2 Å². The van der Waals surface area contributed by atoms with Gasteiger partial charge >= 0.3 is 0 Å². The molecule has 4 aromatic rings. The van der Waals surface area contributed by atoms with E-state index in [2.05, 4.69) is 15.3 Å². The zero-order valence-electron chi connectivity index (χ0n) is 14.1. The molecule has 134 valence electrons. The summed E-state index contributed by atoms with van der Waals surface area (Å²) >= 11 is 1.06. The zero-order valence-corrected chi connectivity index (χ0v) is 14.9. The van der Waals surface area contributed by atoms with Gasteiger partial charge in [-0.1, -0.05) is 11.3 Å². The number of hydrogen-bond acceptors (Lipinski definition) is 7. The van der Waals surface area contributed by atoms with Crippen LogP contribution >= 0.6 is 11.3 Å². The lowest BCUT2D eigenvalue weighted by Gasteiger charge is -2.00. The Hall–Kier alpha value is -3.52. The summed E-state index contributed by atoms with van der Waals surface area (Å²) in [6.45, 7) is 1.76. The highest BCUT2D eigenvalue weighted by Gasteiger charge is 2.25. The van der Waals surface area contributed by atoms with Gasteiger partial charge in [0.1, 0.15) is 16.3 Å². The van der Waals surface area contributed by atoms with E-state index in [1.807, 2.05) is 0 Å². The Morgan fingerprint density at radius 3 is 2.59 bits per heavy atom. The fraction of sp³-hybridized carbons (Fsp3) is 0.0526. The molecule has 0 aliphatic rings. The maximum atomic E-state index is 12.9. The van der Waals surface area contributed by atoms with Gasteiger partial charge < -0.3 is 8.83 Å². The van der Waals surface area contributed by atoms with E-state index in [1.54, 1.807) is 43.3 Å². The second kappa shape index (κ2) is 7.00. The number of nitrogens with zero attached hydrogens (tertiary/aromatic N) is 2. The van der Waals surface area contributed by atoms with E-state index < -0.39 is 0 Å². The van der Waals surface area contributed by atoms with Gasteiger partial charge in [0.05, 0.1) is 6.26 Å². The van der Waals surface area contributed by atoms with Gasteiger partial charge in [0, 0.05) is 18.0 Å². The molecule has 0 aliphatic carbocycles. The Balaban J connectivity index is 1.70. The highest BCUT2D eigenvalue weighted by molar-refractivity contribution is 7.18. The van der Waals surface area contributed by atoms with Crippen LogP contribution in [0.15, 0.2) is 63.9 Å². The predicted octanol–water partition coefficient (Wildman–Crippen LogP) is 4.18. The van der Waals surface area contributed by atoms with Crippen LogP contribution in [-0.4, -0.2) is 21.7 Å². The Morgan fingerprint density at radius 1 is 1.11 bits per heavy atom. The third-order valence-corrected chi connectivity index (χ3v) is 4.68. The van der Waals surface area contributed by atoms with Crippen molar-refractivity contribution in [1.82, 2.24) is 9.97 Å². The molecule has 27 heavy (non-hydrogen) atoms. The Bertz CT molecular complexity index is 1100. The Kier molecular flexibility index (Phi) is 4.39. The van der Waals surface area contributed by atoms with Crippen molar-refractivity contribution in [1.29, 1.82) is 0 Å². The van der Waals surface area contributed by atoms with Gasteiger partial charge in [0.2, 0.25) is 5.78 Å². The topological polar surface area (TPSA) is 98.2 Å². The fourth-order valence-corrected chi connectivity index (χ4v) is 3.36. The number of furan rings is 2. The highest BCUT2D eigenvalue weighted by atomic mass is 32.1. The molecule has 0 atom stereocenters. The molecule has 0 unspecified atom stereocenters. The van der Waals surface area contributed by atoms with E-state index in [1.165, 1.54) is 18.7 Å². The highest BCUT2D eigenvalue weighted by Crippen LogP contribution is 2.33. The molecule has 0 saturated carbocycles. The van der Waals surface area contributed by atoms with Crippen molar-refractivity contribution in [3.63, 3.8) is 0 Å². The monoisotopic (exact) mass is 379 g/mol. The third-order valence-electron chi connectivity index (χ3n) is 3.72. The van der Waals surface area contributed by atoms with Gasteiger partial charge in [-0.2, -0.15) is 0 Å². The number of hydrogen-bond donors (Lipinski definition) is 1. The van der Waals surface area contributed by atoms with E-state index in [0.717, 1.165) is 11.3 Å². The molecule has 0 radical (unpaired) electrons. The molecule has 0 fully saturated rings. The first-order valence-electron chi connectivity index (χ1n) is 7.99. The lowest BCUT2D eigenvalue weighted by molar-refractivity contribution is 0.101. The van der Waals surface area contributed by atoms with E-state index in [9.17, 15) is 9.59 Å². The number of aromatic nitrogens is 2. The molecule has 0 aliphatic heterocycles. The van der Waals surface area contributed by atoms with E-state index in [-0.39, 0.29) is 22.6 Å². The number of aryl methyl sites for hydroxylation is 1. The molecule has 1 amide bonds. The number of pyridine rings is 1. The van der Waals surface area contributed by atoms with Gasteiger partial charge in [-0.05, 0) is 43.3 Å². The summed E-state index contributed by atoms with van der Waals surface area (Å²) in [4.78, 5) is 33.8. The lowest BCUT2D eigenvalue weighted by Crippen LogP contribution is -2.11. The number of carbonyl (C=O) groups is 2.